The molecule has 0 radical (unpaired) electrons. The number of aliphatic hydroxyl groups is 1. The van der Waals surface area contributed by atoms with Crippen LogP contribution in [-0.2, 0) is 28.8 Å². The molecule has 22 heteroatoms. The van der Waals surface area contributed by atoms with E-state index in [-0.39, 0.29) is 75.5 Å². The third kappa shape index (κ3) is 19.4. The van der Waals surface area contributed by atoms with E-state index in [0.29, 0.717) is 6.42 Å². The summed E-state index contributed by atoms with van der Waals surface area (Å²) in [6.45, 7) is 4.08. The molecule has 0 rings (SSSR count). The predicted molar refractivity (Wildman–Crippen MR) is 186 cm³/mol. The fourth-order valence-electron chi connectivity index (χ4n) is 4.36. The predicted octanol–water partition coefficient (Wildman–Crippen LogP) is -6.28. The van der Waals surface area contributed by atoms with Gasteiger partial charge in [0.05, 0.1) is 6.61 Å². The van der Waals surface area contributed by atoms with E-state index < -0.39 is 72.3 Å². The fourth-order valence-corrected chi connectivity index (χ4v) is 4.36. The molecule has 0 saturated carbocycles. The van der Waals surface area contributed by atoms with Crippen LogP contribution in [0.25, 0.3) is 0 Å². The first-order valence-corrected chi connectivity index (χ1v) is 15.9. The van der Waals surface area contributed by atoms with E-state index in [1.807, 2.05) is 0 Å². The summed E-state index contributed by atoms with van der Waals surface area (Å²) in [6.07, 6.45) is 0.737. The second-order valence-corrected chi connectivity index (χ2v) is 11.6. The van der Waals surface area contributed by atoms with Gasteiger partial charge in [0.1, 0.15) is 30.2 Å². The molecule has 0 aromatic carbocycles. The Balaban J connectivity index is 6.14. The first-order chi connectivity index (χ1) is 23.4. The summed E-state index contributed by atoms with van der Waals surface area (Å²) < 4.78 is 0. The van der Waals surface area contributed by atoms with Crippen LogP contribution in [0.5, 0.6) is 0 Å². The zero-order valence-electron chi connectivity index (χ0n) is 28.8. The highest BCUT2D eigenvalue weighted by Gasteiger charge is 2.32. The van der Waals surface area contributed by atoms with Crippen molar-refractivity contribution < 1.29 is 33.9 Å². The lowest BCUT2D eigenvalue weighted by Gasteiger charge is -2.27. The number of carbonyl (C=O) groups is 6. The van der Waals surface area contributed by atoms with E-state index >= 15 is 0 Å². The lowest BCUT2D eigenvalue weighted by molar-refractivity contribution is -0.136. The van der Waals surface area contributed by atoms with Crippen molar-refractivity contribution >= 4 is 53.3 Å². The Labute approximate surface area is 290 Å². The zero-order valence-corrected chi connectivity index (χ0v) is 28.8. The molecule has 5 unspecified atom stereocenters. The second-order valence-electron chi connectivity index (χ2n) is 11.6. The molecule has 20 N–H and O–H groups in total. The summed E-state index contributed by atoms with van der Waals surface area (Å²) in [5, 5.41) is 22.4. The minimum absolute atomic E-state index is 0.00242. The Bertz CT molecular complexity index is 1230. The minimum Gasteiger partial charge on any atom is -0.394 e. The van der Waals surface area contributed by atoms with Gasteiger partial charge < -0.3 is 71.8 Å². The van der Waals surface area contributed by atoms with Gasteiger partial charge in [-0.2, -0.15) is 0 Å². The van der Waals surface area contributed by atoms with E-state index in [4.69, 9.17) is 40.1 Å². The average Bonchev–Trinajstić information content (AvgIpc) is 3.01. The number of aliphatic hydroxyl groups excluding tert-OH is 1. The average molecular weight is 714 g/mol. The summed E-state index contributed by atoms with van der Waals surface area (Å²) in [4.78, 5) is 88.4. The molecular formula is C28H55N15O7. The molecule has 50 heavy (non-hydrogen) atoms. The Morgan fingerprint density at radius 1 is 0.540 bits per heavy atom. The van der Waals surface area contributed by atoms with Crippen LogP contribution in [0.2, 0.25) is 0 Å². The maximum atomic E-state index is 13.6. The molecule has 284 valence electrons. The SMILES string of the molecule is CC(=O)NC(C(=O)NC(CO)C(=O)NC(CCCN=C(N)N)C(=O)NC(CCCN=C(N)N)C(=O)NC(CCCN=C(N)N)C(N)=O)C(C)C. The van der Waals surface area contributed by atoms with Crippen LogP contribution in [0.1, 0.15) is 59.3 Å². The molecule has 0 saturated heterocycles. The first kappa shape index (κ1) is 44.6. The van der Waals surface area contributed by atoms with Gasteiger partial charge in [-0.05, 0) is 44.4 Å². The minimum atomic E-state index is -1.51. The molecular weight excluding hydrogens is 658 g/mol. The summed E-state index contributed by atoms with van der Waals surface area (Å²) >= 11 is 0. The van der Waals surface area contributed by atoms with Gasteiger partial charge in [-0.25, -0.2) is 0 Å². The summed E-state index contributed by atoms with van der Waals surface area (Å²) in [5.74, 6) is -5.47. The molecule has 0 aliphatic heterocycles. The van der Waals surface area contributed by atoms with Gasteiger partial charge in [-0.15, -0.1) is 0 Å². The van der Waals surface area contributed by atoms with Crippen molar-refractivity contribution in [2.45, 2.75) is 89.5 Å². The summed E-state index contributed by atoms with van der Waals surface area (Å²) in [5.41, 5.74) is 37.7. The normalized spacial score (nSPS) is 13.6. The highest BCUT2D eigenvalue weighted by molar-refractivity contribution is 5.96. The molecule has 0 spiro atoms. The number of carbonyl (C=O) groups excluding carboxylic acids is 6. The van der Waals surface area contributed by atoms with E-state index in [1.54, 1.807) is 13.8 Å². The molecule has 22 nitrogen and oxygen atoms in total. The summed E-state index contributed by atoms with van der Waals surface area (Å²) in [6, 6.07) is -6.24. The third-order valence-electron chi connectivity index (χ3n) is 6.89. The number of rotatable bonds is 24. The van der Waals surface area contributed by atoms with E-state index in [0.717, 1.165) is 0 Å². The number of guanidine groups is 3. The Morgan fingerprint density at radius 3 is 1.20 bits per heavy atom. The largest absolute Gasteiger partial charge is 0.394 e. The second kappa shape index (κ2) is 23.8. The lowest BCUT2D eigenvalue weighted by atomic mass is 10.0. The Hall–Kier alpha value is -5.41. The van der Waals surface area contributed by atoms with Crippen LogP contribution in [0.3, 0.4) is 0 Å². The van der Waals surface area contributed by atoms with Crippen molar-refractivity contribution in [3.63, 3.8) is 0 Å². The summed E-state index contributed by atoms with van der Waals surface area (Å²) in [7, 11) is 0. The molecule has 6 amide bonds. The first-order valence-electron chi connectivity index (χ1n) is 15.9. The number of nitrogens with one attached hydrogen (secondary N) is 5. The number of hydrogen-bond donors (Lipinski definition) is 13. The van der Waals surface area contributed by atoms with Gasteiger partial charge in [0.25, 0.3) is 0 Å². The standard InChI is InChI=1S/C28H55N15O7/c1-14(2)20(39-15(3)45)25(50)43-19(13-44)24(49)42-18(9-6-12-38-28(34)35)23(48)41-17(8-5-11-37-27(32)33)22(47)40-16(21(29)46)7-4-10-36-26(30)31/h14,16-20,44H,4-13H2,1-3H3,(H2,29,46)(H,39,45)(H,40,47)(H,41,48)(H,42,49)(H,43,50)(H4,30,31,36)(H4,32,33,37)(H4,34,35,38). The zero-order chi connectivity index (χ0) is 38.4. The topological polar surface area (TPSA) is 402 Å². The molecule has 0 fully saturated rings. The Kier molecular flexibility index (Phi) is 21.3. The van der Waals surface area contributed by atoms with Crippen LogP contribution in [0.4, 0.5) is 0 Å². The van der Waals surface area contributed by atoms with Crippen molar-refractivity contribution in [3.05, 3.63) is 0 Å². The highest BCUT2D eigenvalue weighted by Crippen LogP contribution is 2.07. The van der Waals surface area contributed by atoms with Crippen LogP contribution in [-0.4, -0.2) is 115 Å². The number of nitrogens with zero attached hydrogens (tertiary/aromatic N) is 3. The van der Waals surface area contributed by atoms with Crippen molar-refractivity contribution in [2.75, 3.05) is 26.2 Å². The van der Waals surface area contributed by atoms with E-state index in [1.165, 1.54) is 6.92 Å². The van der Waals surface area contributed by atoms with Crippen LogP contribution < -0.4 is 66.7 Å². The Morgan fingerprint density at radius 2 is 0.880 bits per heavy atom. The molecule has 0 aromatic heterocycles. The molecule has 0 bridgehead atoms. The lowest BCUT2D eigenvalue weighted by Crippen LogP contribution is -2.60. The van der Waals surface area contributed by atoms with Crippen molar-refractivity contribution in [1.29, 1.82) is 0 Å². The van der Waals surface area contributed by atoms with Gasteiger partial charge in [-0.1, -0.05) is 13.8 Å². The van der Waals surface area contributed by atoms with Gasteiger partial charge in [-0.3, -0.25) is 43.7 Å². The molecule has 0 aliphatic carbocycles. The number of nitrogens with two attached hydrogens (primary N) is 7. The van der Waals surface area contributed by atoms with Crippen LogP contribution >= 0.6 is 0 Å². The highest BCUT2D eigenvalue weighted by atomic mass is 16.3. The van der Waals surface area contributed by atoms with E-state index in [2.05, 4.69) is 41.6 Å². The van der Waals surface area contributed by atoms with Gasteiger partial charge in [0.15, 0.2) is 17.9 Å². The van der Waals surface area contributed by atoms with Crippen molar-refractivity contribution in [1.82, 2.24) is 26.6 Å². The van der Waals surface area contributed by atoms with Gasteiger partial charge in [0, 0.05) is 26.6 Å². The quantitative estimate of drug-likeness (QED) is 0.0252. The monoisotopic (exact) mass is 713 g/mol. The van der Waals surface area contributed by atoms with Crippen LogP contribution in [0.15, 0.2) is 15.0 Å². The van der Waals surface area contributed by atoms with Crippen molar-refractivity contribution in [3.8, 4) is 0 Å². The molecule has 0 heterocycles. The molecule has 0 aliphatic rings. The van der Waals surface area contributed by atoms with Crippen LogP contribution in [0, 0.1) is 5.92 Å². The van der Waals surface area contributed by atoms with E-state index in [9.17, 15) is 33.9 Å². The van der Waals surface area contributed by atoms with Crippen molar-refractivity contribution in [2.24, 2.45) is 61.0 Å². The maximum Gasteiger partial charge on any atom is 0.245 e. The fraction of sp³-hybridized carbons (Fsp3) is 0.679. The number of primary amides is 1. The maximum absolute atomic E-state index is 13.6. The molecule has 0 aromatic rings. The third-order valence-corrected chi connectivity index (χ3v) is 6.89. The van der Waals surface area contributed by atoms with Gasteiger partial charge in [0.2, 0.25) is 35.4 Å². The van der Waals surface area contributed by atoms with Gasteiger partial charge >= 0.3 is 0 Å². The number of hydrogen-bond acceptors (Lipinski definition) is 10. The smallest absolute Gasteiger partial charge is 0.245 e. The number of aliphatic imine (C=N–C) groups is 3. The molecule has 5 atom stereocenters. The number of amides is 6.